The standard InChI is InChI=1S/C18H20N2O4S/c21-18(19-16-3-1-4-17-15(16)9-11-24-17)13-5-7-14(8-6-13)20-10-2-12-25(20,22)23/h5-9,11,16H,1-4,10,12H2,(H,19,21). The van der Waals surface area contributed by atoms with E-state index in [1.807, 2.05) is 6.07 Å². The van der Waals surface area contributed by atoms with Crippen LogP contribution in [0.15, 0.2) is 41.0 Å². The SMILES string of the molecule is O=C(NC1CCCc2occc21)c1ccc(N2CCCS2(=O)=O)cc1. The van der Waals surface area contributed by atoms with Crippen LogP contribution in [0.2, 0.25) is 0 Å². The second-order valence-corrected chi connectivity index (χ2v) is 8.52. The van der Waals surface area contributed by atoms with Gasteiger partial charge in [0, 0.05) is 24.1 Å². The molecule has 2 aromatic rings. The average Bonchev–Trinajstić information content (AvgIpc) is 3.21. The lowest BCUT2D eigenvalue weighted by Crippen LogP contribution is -2.30. The number of rotatable bonds is 3. The maximum absolute atomic E-state index is 12.5. The molecule has 1 N–H and O–H groups in total. The topological polar surface area (TPSA) is 79.6 Å². The summed E-state index contributed by atoms with van der Waals surface area (Å²) in [6.07, 6.45) is 5.09. The highest BCUT2D eigenvalue weighted by molar-refractivity contribution is 7.93. The van der Waals surface area contributed by atoms with Crippen LogP contribution in [-0.4, -0.2) is 26.6 Å². The summed E-state index contributed by atoms with van der Waals surface area (Å²) in [4.78, 5) is 12.5. The van der Waals surface area contributed by atoms with Crippen LogP contribution in [0, 0.1) is 0 Å². The van der Waals surface area contributed by atoms with Gasteiger partial charge in [-0.15, -0.1) is 0 Å². The number of carbonyl (C=O) groups excluding carboxylic acids is 1. The van der Waals surface area contributed by atoms with Crippen LogP contribution in [0.3, 0.4) is 0 Å². The van der Waals surface area contributed by atoms with Crippen molar-refractivity contribution in [2.75, 3.05) is 16.6 Å². The van der Waals surface area contributed by atoms with E-state index in [-0.39, 0.29) is 17.7 Å². The van der Waals surface area contributed by atoms with Crippen LogP contribution in [0.4, 0.5) is 5.69 Å². The quantitative estimate of drug-likeness (QED) is 0.912. The molecule has 1 aromatic heterocycles. The van der Waals surface area contributed by atoms with Crippen LogP contribution in [0.5, 0.6) is 0 Å². The molecule has 1 saturated heterocycles. The van der Waals surface area contributed by atoms with E-state index in [0.717, 1.165) is 30.6 Å². The summed E-state index contributed by atoms with van der Waals surface area (Å²) in [5.74, 6) is 0.977. The summed E-state index contributed by atoms with van der Waals surface area (Å²) in [6, 6.07) is 8.63. The molecule has 1 atom stereocenters. The summed E-state index contributed by atoms with van der Waals surface area (Å²) in [5, 5.41) is 3.05. The highest BCUT2D eigenvalue weighted by Gasteiger charge is 2.28. The van der Waals surface area contributed by atoms with Crippen molar-refractivity contribution in [1.29, 1.82) is 0 Å². The molecule has 1 aliphatic carbocycles. The second-order valence-electron chi connectivity index (χ2n) is 6.51. The minimum absolute atomic E-state index is 0.0337. The highest BCUT2D eigenvalue weighted by Crippen LogP contribution is 2.31. The average molecular weight is 360 g/mol. The van der Waals surface area contributed by atoms with Crippen molar-refractivity contribution in [2.45, 2.75) is 31.7 Å². The predicted molar refractivity (Wildman–Crippen MR) is 94.0 cm³/mol. The third-order valence-electron chi connectivity index (χ3n) is 4.87. The fourth-order valence-electron chi connectivity index (χ4n) is 3.59. The largest absolute Gasteiger partial charge is 0.469 e. The Morgan fingerprint density at radius 1 is 1.16 bits per heavy atom. The van der Waals surface area contributed by atoms with Crippen molar-refractivity contribution in [3.63, 3.8) is 0 Å². The molecule has 2 aliphatic rings. The molecule has 0 saturated carbocycles. The number of benzene rings is 1. The van der Waals surface area contributed by atoms with Crippen molar-refractivity contribution < 1.29 is 17.6 Å². The highest BCUT2D eigenvalue weighted by atomic mass is 32.2. The van der Waals surface area contributed by atoms with Gasteiger partial charge in [0.15, 0.2) is 0 Å². The lowest BCUT2D eigenvalue weighted by Gasteiger charge is -2.23. The smallest absolute Gasteiger partial charge is 0.251 e. The summed E-state index contributed by atoms with van der Waals surface area (Å²) in [5.41, 5.74) is 2.19. The first-order valence-electron chi connectivity index (χ1n) is 8.52. The van der Waals surface area contributed by atoms with Crippen molar-refractivity contribution in [3.8, 4) is 0 Å². The number of nitrogens with one attached hydrogen (secondary N) is 1. The predicted octanol–water partition coefficient (Wildman–Crippen LogP) is 2.63. The van der Waals surface area contributed by atoms with E-state index in [1.165, 1.54) is 4.31 Å². The molecular formula is C18H20N2O4S. The number of anilines is 1. The first-order chi connectivity index (χ1) is 12.0. The Bertz CT molecular complexity index is 886. The number of hydrogen-bond acceptors (Lipinski definition) is 4. The zero-order valence-electron chi connectivity index (χ0n) is 13.8. The Labute approximate surface area is 146 Å². The number of amides is 1. The van der Waals surface area contributed by atoms with Gasteiger partial charge in [0.2, 0.25) is 10.0 Å². The van der Waals surface area contributed by atoms with E-state index in [0.29, 0.717) is 24.2 Å². The Kier molecular flexibility index (Phi) is 4.03. The summed E-state index contributed by atoms with van der Waals surface area (Å²) >= 11 is 0. The van der Waals surface area contributed by atoms with Gasteiger partial charge in [-0.2, -0.15) is 0 Å². The van der Waals surface area contributed by atoms with Gasteiger partial charge in [0.05, 0.1) is 23.7 Å². The summed E-state index contributed by atoms with van der Waals surface area (Å²) in [7, 11) is -3.20. The normalized spacial score (nSPS) is 21.8. The summed E-state index contributed by atoms with van der Waals surface area (Å²) < 4.78 is 30.8. The maximum Gasteiger partial charge on any atom is 0.251 e. The van der Waals surface area contributed by atoms with Crippen LogP contribution in [0.1, 0.15) is 47.0 Å². The van der Waals surface area contributed by atoms with Crippen LogP contribution in [0.25, 0.3) is 0 Å². The van der Waals surface area contributed by atoms with Crippen LogP contribution < -0.4 is 9.62 Å². The fourth-order valence-corrected chi connectivity index (χ4v) is 5.15. The lowest BCUT2D eigenvalue weighted by molar-refractivity contribution is 0.0932. The van der Waals surface area contributed by atoms with E-state index in [9.17, 15) is 13.2 Å². The van der Waals surface area contributed by atoms with Gasteiger partial charge in [-0.05, 0) is 49.6 Å². The number of fused-ring (bicyclic) bond motifs is 1. The third-order valence-corrected chi connectivity index (χ3v) is 6.74. The number of nitrogens with zero attached hydrogens (tertiary/aromatic N) is 1. The Morgan fingerprint density at radius 2 is 1.96 bits per heavy atom. The monoisotopic (exact) mass is 360 g/mol. The van der Waals surface area contributed by atoms with Gasteiger partial charge >= 0.3 is 0 Å². The van der Waals surface area contributed by atoms with Crippen molar-refractivity contribution in [3.05, 3.63) is 53.5 Å². The summed E-state index contributed by atoms with van der Waals surface area (Å²) in [6.45, 7) is 0.499. The molecule has 1 aliphatic heterocycles. The maximum atomic E-state index is 12.5. The first-order valence-corrected chi connectivity index (χ1v) is 10.1. The van der Waals surface area contributed by atoms with E-state index in [2.05, 4.69) is 5.32 Å². The number of sulfonamides is 1. The number of aryl methyl sites for hydroxylation is 1. The van der Waals surface area contributed by atoms with E-state index >= 15 is 0 Å². The van der Waals surface area contributed by atoms with Crippen molar-refractivity contribution in [2.24, 2.45) is 0 Å². The lowest BCUT2D eigenvalue weighted by atomic mass is 9.93. The molecule has 6 nitrogen and oxygen atoms in total. The Morgan fingerprint density at radius 3 is 2.68 bits per heavy atom. The number of carbonyl (C=O) groups is 1. The molecule has 132 valence electrons. The van der Waals surface area contributed by atoms with Crippen LogP contribution in [-0.2, 0) is 16.4 Å². The molecule has 1 aromatic carbocycles. The first kappa shape index (κ1) is 16.2. The molecule has 0 bridgehead atoms. The molecular weight excluding hydrogens is 340 g/mol. The van der Waals surface area contributed by atoms with E-state index in [1.54, 1.807) is 30.5 Å². The van der Waals surface area contributed by atoms with E-state index in [4.69, 9.17) is 4.42 Å². The van der Waals surface area contributed by atoms with Crippen LogP contribution >= 0.6 is 0 Å². The van der Waals surface area contributed by atoms with Crippen molar-refractivity contribution in [1.82, 2.24) is 5.32 Å². The van der Waals surface area contributed by atoms with E-state index < -0.39 is 10.0 Å². The van der Waals surface area contributed by atoms with Gasteiger partial charge in [-0.3, -0.25) is 9.10 Å². The third kappa shape index (κ3) is 3.04. The molecule has 0 radical (unpaired) electrons. The molecule has 1 unspecified atom stereocenters. The zero-order chi connectivity index (χ0) is 17.4. The zero-order valence-corrected chi connectivity index (χ0v) is 14.6. The van der Waals surface area contributed by atoms with Gasteiger partial charge in [0.1, 0.15) is 5.76 Å². The van der Waals surface area contributed by atoms with Gasteiger partial charge in [0.25, 0.3) is 5.91 Å². The minimum Gasteiger partial charge on any atom is -0.469 e. The molecule has 25 heavy (non-hydrogen) atoms. The number of furan rings is 1. The Balaban J connectivity index is 1.49. The molecule has 7 heteroatoms. The molecule has 1 fully saturated rings. The minimum atomic E-state index is -3.20. The fraction of sp³-hybridized carbons (Fsp3) is 0.389. The molecule has 1 amide bonds. The number of hydrogen-bond donors (Lipinski definition) is 1. The second kappa shape index (κ2) is 6.22. The molecule has 2 heterocycles. The van der Waals surface area contributed by atoms with Gasteiger partial charge < -0.3 is 9.73 Å². The van der Waals surface area contributed by atoms with Gasteiger partial charge in [-0.1, -0.05) is 0 Å². The van der Waals surface area contributed by atoms with Crippen molar-refractivity contribution >= 4 is 21.6 Å². The van der Waals surface area contributed by atoms with Gasteiger partial charge in [-0.25, -0.2) is 8.42 Å². The Hall–Kier alpha value is -2.28. The molecule has 0 spiro atoms. The molecule has 4 rings (SSSR count).